The Labute approximate surface area is 163 Å². The molecule has 0 N–H and O–H groups in total. The minimum atomic E-state index is 0.652. The number of piperazine rings is 1. The van der Waals surface area contributed by atoms with E-state index in [1.54, 1.807) is 12.1 Å². The van der Waals surface area contributed by atoms with Gasteiger partial charge in [0.05, 0.1) is 11.6 Å². The van der Waals surface area contributed by atoms with E-state index in [0.29, 0.717) is 5.56 Å². The molecule has 0 spiro atoms. The van der Waals surface area contributed by atoms with E-state index in [9.17, 15) is 0 Å². The molecule has 136 valence electrons. The number of nitriles is 1. The quantitative estimate of drug-likeness (QED) is 0.696. The molecule has 2 heterocycles. The molecule has 4 rings (SSSR count). The number of anilines is 1. The molecule has 2 aromatic carbocycles. The van der Waals surface area contributed by atoms with Gasteiger partial charge in [0.1, 0.15) is 0 Å². The SMILES string of the molecule is Cc1ccccc1CN1CCN(c2nc(-c3ccc(C#N)cc3)ns2)CC1. The van der Waals surface area contributed by atoms with Crippen LogP contribution in [0.2, 0.25) is 0 Å². The summed E-state index contributed by atoms with van der Waals surface area (Å²) in [4.78, 5) is 9.53. The molecule has 0 amide bonds. The molecular weight excluding hydrogens is 354 g/mol. The number of aryl methyl sites for hydroxylation is 1. The fourth-order valence-electron chi connectivity index (χ4n) is 3.28. The molecule has 0 saturated carbocycles. The van der Waals surface area contributed by atoms with Gasteiger partial charge in [-0.1, -0.05) is 24.3 Å². The summed E-state index contributed by atoms with van der Waals surface area (Å²) >= 11 is 1.45. The molecule has 0 unspecified atom stereocenters. The summed E-state index contributed by atoms with van der Waals surface area (Å²) in [7, 11) is 0. The van der Waals surface area contributed by atoms with E-state index in [0.717, 1.165) is 49.2 Å². The second kappa shape index (κ2) is 7.87. The minimum absolute atomic E-state index is 0.652. The lowest BCUT2D eigenvalue weighted by Gasteiger charge is -2.34. The monoisotopic (exact) mass is 375 g/mol. The van der Waals surface area contributed by atoms with Gasteiger partial charge in [-0.2, -0.15) is 14.6 Å². The molecular formula is C21H21N5S. The van der Waals surface area contributed by atoms with Crippen molar-refractivity contribution in [2.24, 2.45) is 0 Å². The van der Waals surface area contributed by atoms with Crippen molar-refractivity contribution in [1.82, 2.24) is 14.3 Å². The molecule has 6 heteroatoms. The Balaban J connectivity index is 1.38. The molecule has 1 fully saturated rings. The van der Waals surface area contributed by atoms with Crippen molar-refractivity contribution in [3.63, 3.8) is 0 Å². The molecule has 0 atom stereocenters. The van der Waals surface area contributed by atoms with Crippen molar-refractivity contribution < 1.29 is 0 Å². The molecule has 1 aromatic heterocycles. The summed E-state index contributed by atoms with van der Waals surface area (Å²) in [6, 6.07) is 18.2. The van der Waals surface area contributed by atoms with E-state index in [2.05, 4.69) is 51.4 Å². The molecule has 5 nitrogen and oxygen atoms in total. The van der Waals surface area contributed by atoms with Crippen LogP contribution in [0, 0.1) is 18.3 Å². The van der Waals surface area contributed by atoms with Crippen molar-refractivity contribution in [2.45, 2.75) is 13.5 Å². The van der Waals surface area contributed by atoms with E-state index in [-0.39, 0.29) is 0 Å². The number of hydrogen-bond donors (Lipinski definition) is 0. The summed E-state index contributed by atoms with van der Waals surface area (Å²) in [5.74, 6) is 0.738. The van der Waals surface area contributed by atoms with Gasteiger partial charge in [-0.25, -0.2) is 0 Å². The first-order chi connectivity index (χ1) is 13.2. The lowest BCUT2D eigenvalue weighted by atomic mass is 10.1. The largest absolute Gasteiger partial charge is 0.344 e. The van der Waals surface area contributed by atoms with E-state index in [1.165, 1.54) is 22.7 Å². The second-order valence-electron chi connectivity index (χ2n) is 6.78. The summed E-state index contributed by atoms with van der Waals surface area (Å²) in [5.41, 5.74) is 4.37. The zero-order valence-corrected chi connectivity index (χ0v) is 16.1. The Morgan fingerprint density at radius 3 is 2.48 bits per heavy atom. The molecule has 1 aliphatic heterocycles. The molecule has 1 saturated heterocycles. The molecule has 1 aliphatic rings. The van der Waals surface area contributed by atoms with Gasteiger partial charge < -0.3 is 4.90 Å². The van der Waals surface area contributed by atoms with Gasteiger partial charge in [0.15, 0.2) is 5.82 Å². The zero-order valence-electron chi connectivity index (χ0n) is 15.3. The smallest absolute Gasteiger partial charge is 0.205 e. The van der Waals surface area contributed by atoms with Crippen molar-refractivity contribution >= 4 is 16.7 Å². The predicted molar refractivity (Wildman–Crippen MR) is 109 cm³/mol. The number of hydrogen-bond acceptors (Lipinski definition) is 6. The third-order valence-electron chi connectivity index (χ3n) is 4.99. The lowest BCUT2D eigenvalue weighted by Crippen LogP contribution is -2.46. The van der Waals surface area contributed by atoms with Crippen molar-refractivity contribution in [3.8, 4) is 17.5 Å². The van der Waals surface area contributed by atoms with Crippen molar-refractivity contribution in [1.29, 1.82) is 5.26 Å². The fraction of sp³-hybridized carbons (Fsp3) is 0.286. The van der Waals surface area contributed by atoms with Crippen LogP contribution in [0.4, 0.5) is 5.13 Å². The minimum Gasteiger partial charge on any atom is -0.344 e. The summed E-state index contributed by atoms with van der Waals surface area (Å²) in [5, 5.41) is 9.89. The average Bonchev–Trinajstić information content (AvgIpc) is 3.21. The van der Waals surface area contributed by atoms with Crippen LogP contribution in [0.3, 0.4) is 0 Å². The standard InChI is InChI=1S/C21H21N5S/c1-16-4-2-3-5-19(16)15-25-10-12-26(13-11-25)21-23-20(24-27-21)18-8-6-17(14-22)7-9-18/h2-9H,10-13,15H2,1H3. The highest BCUT2D eigenvalue weighted by Crippen LogP contribution is 2.25. The highest BCUT2D eigenvalue weighted by atomic mass is 32.1. The number of benzene rings is 2. The normalized spacial score (nSPS) is 14.9. The first-order valence-corrected chi connectivity index (χ1v) is 9.86. The molecule has 0 radical (unpaired) electrons. The Morgan fingerprint density at radius 2 is 1.78 bits per heavy atom. The summed E-state index contributed by atoms with van der Waals surface area (Å²) < 4.78 is 4.51. The topological polar surface area (TPSA) is 56.0 Å². The van der Waals surface area contributed by atoms with Crippen LogP contribution in [-0.4, -0.2) is 40.4 Å². The highest BCUT2D eigenvalue weighted by molar-refractivity contribution is 7.09. The van der Waals surface area contributed by atoms with Gasteiger partial charge in [-0.15, -0.1) is 0 Å². The molecule has 3 aromatic rings. The van der Waals surface area contributed by atoms with E-state index in [1.807, 2.05) is 12.1 Å². The maximum absolute atomic E-state index is 8.91. The van der Waals surface area contributed by atoms with Gasteiger partial charge >= 0.3 is 0 Å². The predicted octanol–water partition coefficient (Wildman–Crippen LogP) is 3.71. The average molecular weight is 376 g/mol. The molecule has 0 aliphatic carbocycles. The van der Waals surface area contributed by atoms with Gasteiger partial charge in [0, 0.05) is 49.8 Å². The van der Waals surface area contributed by atoms with Crippen LogP contribution in [0.1, 0.15) is 16.7 Å². The van der Waals surface area contributed by atoms with Gasteiger partial charge in [0.2, 0.25) is 5.13 Å². The lowest BCUT2D eigenvalue weighted by molar-refractivity contribution is 0.249. The molecule has 0 bridgehead atoms. The van der Waals surface area contributed by atoms with Crippen LogP contribution < -0.4 is 4.90 Å². The Bertz CT molecular complexity index is 949. The van der Waals surface area contributed by atoms with Crippen molar-refractivity contribution in [2.75, 3.05) is 31.1 Å². The maximum Gasteiger partial charge on any atom is 0.205 e. The maximum atomic E-state index is 8.91. The molecule has 27 heavy (non-hydrogen) atoms. The first-order valence-electron chi connectivity index (χ1n) is 9.09. The van der Waals surface area contributed by atoms with E-state index < -0.39 is 0 Å². The van der Waals surface area contributed by atoms with E-state index >= 15 is 0 Å². The Hall–Kier alpha value is -2.75. The van der Waals surface area contributed by atoms with Crippen molar-refractivity contribution in [3.05, 3.63) is 65.2 Å². The third-order valence-corrected chi connectivity index (χ3v) is 5.76. The van der Waals surface area contributed by atoms with Crippen LogP contribution in [0.15, 0.2) is 48.5 Å². The van der Waals surface area contributed by atoms with Crippen LogP contribution in [-0.2, 0) is 6.54 Å². The van der Waals surface area contributed by atoms with Gasteiger partial charge in [-0.05, 0) is 42.3 Å². The fourth-order valence-corrected chi connectivity index (χ4v) is 4.02. The summed E-state index contributed by atoms with van der Waals surface area (Å²) in [6.45, 7) is 7.17. The van der Waals surface area contributed by atoms with Crippen LogP contribution in [0.5, 0.6) is 0 Å². The second-order valence-corrected chi connectivity index (χ2v) is 7.51. The van der Waals surface area contributed by atoms with Crippen LogP contribution >= 0.6 is 11.5 Å². The number of nitrogens with zero attached hydrogens (tertiary/aromatic N) is 5. The summed E-state index contributed by atoms with van der Waals surface area (Å²) in [6.07, 6.45) is 0. The zero-order chi connectivity index (χ0) is 18.6. The Morgan fingerprint density at radius 1 is 1.04 bits per heavy atom. The van der Waals surface area contributed by atoms with Gasteiger partial charge in [-0.3, -0.25) is 4.90 Å². The van der Waals surface area contributed by atoms with Crippen LogP contribution in [0.25, 0.3) is 11.4 Å². The third kappa shape index (κ3) is 4.00. The Kier molecular flexibility index (Phi) is 5.14. The highest BCUT2D eigenvalue weighted by Gasteiger charge is 2.20. The van der Waals surface area contributed by atoms with E-state index in [4.69, 9.17) is 10.2 Å². The first kappa shape index (κ1) is 17.7. The number of rotatable bonds is 4. The number of aromatic nitrogens is 2. The van der Waals surface area contributed by atoms with Gasteiger partial charge in [0.25, 0.3) is 0 Å².